The predicted octanol–water partition coefficient (Wildman–Crippen LogP) is 5.05. The van der Waals surface area contributed by atoms with Crippen LogP contribution in [0.2, 0.25) is 0 Å². The van der Waals surface area contributed by atoms with Gasteiger partial charge < -0.3 is 4.74 Å². The molecule has 2 aromatic carbocycles. The third kappa shape index (κ3) is 3.18. The highest BCUT2D eigenvalue weighted by Gasteiger charge is 2.24. The number of hydrogen-bond donors (Lipinski definition) is 0. The van der Waals surface area contributed by atoms with Crippen molar-refractivity contribution in [3.8, 4) is 0 Å². The van der Waals surface area contributed by atoms with Gasteiger partial charge in [0.15, 0.2) is 0 Å². The first-order valence-electron chi connectivity index (χ1n) is 6.99. The van der Waals surface area contributed by atoms with E-state index in [9.17, 15) is 4.79 Å². The van der Waals surface area contributed by atoms with Gasteiger partial charge in [-0.15, -0.1) is 23.1 Å². The van der Waals surface area contributed by atoms with Gasteiger partial charge in [0.2, 0.25) is 0 Å². The number of rotatable bonds is 5. The van der Waals surface area contributed by atoms with Crippen molar-refractivity contribution < 1.29 is 9.53 Å². The van der Waals surface area contributed by atoms with E-state index < -0.39 is 0 Å². The Kier molecular flexibility index (Phi) is 4.80. The van der Waals surface area contributed by atoms with Crippen molar-refractivity contribution in [2.75, 3.05) is 7.11 Å². The highest BCUT2D eigenvalue weighted by molar-refractivity contribution is 7.99. The molecule has 0 bridgehead atoms. The average molecular weight is 328 g/mol. The van der Waals surface area contributed by atoms with Crippen LogP contribution in [0.25, 0.3) is 10.1 Å². The summed E-state index contributed by atoms with van der Waals surface area (Å²) < 4.78 is 6.22. The van der Waals surface area contributed by atoms with Gasteiger partial charge in [-0.25, -0.2) is 0 Å². The lowest BCUT2D eigenvalue weighted by Crippen LogP contribution is -2.11. The van der Waals surface area contributed by atoms with E-state index >= 15 is 0 Å². The summed E-state index contributed by atoms with van der Waals surface area (Å²) in [5, 5.41) is 2.93. The molecule has 22 heavy (non-hydrogen) atoms. The predicted molar refractivity (Wildman–Crippen MR) is 94.3 cm³/mol. The van der Waals surface area contributed by atoms with Crippen LogP contribution in [0.3, 0.4) is 0 Å². The van der Waals surface area contributed by atoms with Gasteiger partial charge in [0, 0.05) is 10.5 Å². The molecule has 1 aromatic heterocycles. The maximum atomic E-state index is 12.2. The summed E-state index contributed by atoms with van der Waals surface area (Å²) in [6.07, 6.45) is 0. The molecule has 0 unspecified atom stereocenters. The highest BCUT2D eigenvalue weighted by atomic mass is 32.2. The number of ether oxygens (including phenoxy) is 1. The van der Waals surface area contributed by atoms with Crippen molar-refractivity contribution in [2.24, 2.45) is 0 Å². The molecule has 0 aliphatic heterocycles. The zero-order valence-corrected chi connectivity index (χ0v) is 13.8. The molecule has 112 valence electrons. The van der Waals surface area contributed by atoms with Gasteiger partial charge in [-0.1, -0.05) is 48.5 Å². The Balaban J connectivity index is 1.88. The highest BCUT2D eigenvalue weighted by Crippen LogP contribution is 2.39. The van der Waals surface area contributed by atoms with Crippen LogP contribution in [0.1, 0.15) is 16.4 Å². The second-order valence-corrected chi connectivity index (χ2v) is 6.89. The van der Waals surface area contributed by atoms with Crippen molar-refractivity contribution in [1.82, 2.24) is 0 Å². The average Bonchev–Trinajstić information content (AvgIpc) is 3.00. The molecule has 0 fully saturated rings. The molecular weight excluding hydrogens is 312 g/mol. The maximum absolute atomic E-state index is 12.2. The summed E-state index contributed by atoms with van der Waals surface area (Å²) in [7, 11) is 1.45. The molecule has 0 aliphatic rings. The van der Waals surface area contributed by atoms with Gasteiger partial charge in [0.25, 0.3) is 0 Å². The van der Waals surface area contributed by atoms with Gasteiger partial charge in [-0.2, -0.15) is 0 Å². The van der Waals surface area contributed by atoms with Crippen LogP contribution >= 0.6 is 23.1 Å². The monoisotopic (exact) mass is 328 g/mol. The molecule has 3 aromatic rings. The van der Waals surface area contributed by atoms with Crippen molar-refractivity contribution in [3.63, 3.8) is 0 Å². The number of esters is 1. The Morgan fingerprint density at radius 2 is 1.86 bits per heavy atom. The van der Waals surface area contributed by atoms with Gasteiger partial charge in [0.05, 0.1) is 7.11 Å². The number of methoxy groups -OCH3 is 1. The number of hydrogen-bond acceptors (Lipinski definition) is 4. The normalized spacial score (nSPS) is 12.2. The number of thiophene rings is 1. The summed E-state index contributed by atoms with van der Waals surface area (Å²) in [5.41, 5.74) is 2.26. The van der Waals surface area contributed by atoms with E-state index in [-0.39, 0.29) is 11.2 Å². The fraction of sp³-hybridized carbons (Fsp3) is 0.167. The summed E-state index contributed by atoms with van der Waals surface area (Å²) in [4.78, 5) is 12.2. The van der Waals surface area contributed by atoms with Crippen LogP contribution < -0.4 is 0 Å². The lowest BCUT2D eigenvalue weighted by atomic mass is 10.1. The van der Waals surface area contributed by atoms with E-state index in [4.69, 9.17) is 4.74 Å². The van der Waals surface area contributed by atoms with Gasteiger partial charge in [-0.05, 0) is 28.0 Å². The zero-order valence-electron chi connectivity index (χ0n) is 12.2. The van der Waals surface area contributed by atoms with Crippen molar-refractivity contribution >= 4 is 39.2 Å². The SMILES string of the molecule is COC(=O)[C@@H](SCc1ccccc1)c1csc2ccccc12. The first-order chi connectivity index (χ1) is 10.8. The molecule has 2 nitrogen and oxygen atoms in total. The Hall–Kier alpha value is -1.78. The smallest absolute Gasteiger partial charge is 0.323 e. The lowest BCUT2D eigenvalue weighted by molar-refractivity contribution is -0.140. The number of carbonyl (C=O) groups excluding carboxylic acids is 1. The van der Waals surface area contributed by atoms with E-state index in [2.05, 4.69) is 29.6 Å². The van der Waals surface area contributed by atoms with Crippen LogP contribution in [0, 0.1) is 0 Å². The molecule has 1 heterocycles. The number of thioether (sulfide) groups is 1. The first kappa shape index (κ1) is 15.1. The van der Waals surface area contributed by atoms with Gasteiger partial charge >= 0.3 is 5.97 Å². The van der Waals surface area contributed by atoms with Gasteiger partial charge in [-0.3, -0.25) is 4.79 Å². The molecule has 0 amide bonds. The molecule has 0 N–H and O–H groups in total. The van der Waals surface area contributed by atoms with E-state index in [1.54, 1.807) is 23.1 Å². The summed E-state index contributed by atoms with van der Waals surface area (Å²) in [6, 6.07) is 18.4. The summed E-state index contributed by atoms with van der Waals surface area (Å²) in [5.74, 6) is 0.592. The lowest BCUT2D eigenvalue weighted by Gasteiger charge is -2.14. The van der Waals surface area contributed by atoms with Crippen LogP contribution in [-0.4, -0.2) is 13.1 Å². The first-order valence-corrected chi connectivity index (χ1v) is 8.92. The third-order valence-corrected chi connectivity index (χ3v) is 5.73. The second-order valence-electron chi connectivity index (χ2n) is 4.89. The van der Waals surface area contributed by atoms with E-state index in [1.165, 1.54) is 17.4 Å². The van der Waals surface area contributed by atoms with Crippen molar-refractivity contribution in [3.05, 3.63) is 71.1 Å². The number of fused-ring (bicyclic) bond motifs is 1. The van der Waals surface area contributed by atoms with Crippen LogP contribution in [0.5, 0.6) is 0 Å². The molecule has 0 saturated heterocycles. The van der Waals surface area contributed by atoms with Gasteiger partial charge in [0.1, 0.15) is 5.25 Å². The molecule has 1 atom stereocenters. The molecular formula is C18H16O2S2. The van der Waals surface area contributed by atoms with Crippen LogP contribution in [0.15, 0.2) is 60.0 Å². The van der Waals surface area contributed by atoms with E-state index in [1.807, 2.05) is 30.3 Å². The minimum atomic E-state index is -0.290. The van der Waals surface area contributed by atoms with Crippen molar-refractivity contribution in [1.29, 1.82) is 0 Å². The largest absolute Gasteiger partial charge is 0.468 e. The quantitative estimate of drug-likeness (QED) is 0.613. The van der Waals surface area contributed by atoms with Crippen molar-refractivity contribution in [2.45, 2.75) is 11.0 Å². The Morgan fingerprint density at radius 1 is 1.14 bits per heavy atom. The standard InChI is InChI=1S/C18H16O2S2/c1-20-18(19)17(22-11-13-7-3-2-4-8-13)15-12-21-16-10-6-5-9-14(15)16/h2-10,12,17H,11H2,1H3/t17-/m0/s1. The minimum Gasteiger partial charge on any atom is -0.468 e. The molecule has 4 heteroatoms. The fourth-order valence-corrected chi connectivity index (χ4v) is 4.58. The molecule has 0 radical (unpaired) electrons. The molecule has 0 saturated carbocycles. The summed E-state index contributed by atoms with van der Waals surface area (Å²) >= 11 is 3.28. The number of benzene rings is 2. The molecule has 0 aliphatic carbocycles. The maximum Gasteiger partial charge on any atom is 0.323 e. The number of carbonyl (C=O) groups is 1. The van der Waals surface area contributed by atoms with E-state index in [0.717, 1.165) is 16.7 Å². The third-order valence-electron chi connectivity index (χ3n) is 3.47. The topological polar surface area (TPSA) is 26.3 Å². The minimum absolute atomic E-state index is 0.190. The zero-order chi connectivity index (χ0) is 15.4. The Labute approximate surface area is 138 Å². The second kappa shape index (κ2) is 6.99. The Bertz CT molecular complexity index is 765. The molecule has 3 rings (SSSR count). The summed E-state index contributed by atoms with van der Waals surface area (Å²) in [6.45, 7) is 0. The molecule has 0 spiro atoms. The van der Waals surface area contributed by atoms with Crippen LogP contribution in [-0.2, 0) is 15.3 Å². The van der Waals surface area contributed by atoms with E-state index in [0.29, 0.717) is 0 Å². The van der Waals surface area contributed by atoms with Crippen LogP contribution in [0.4, 0.5) is 0 Å². The fourth-order valence-electron chi connectivity index (χ4n) is 2.35. The Morgan fingerprint density at radius 3 is 2.64 bits per heavy atom.